The maximum atomic E-state index is 13.7. The lowest BCUT2D eigenvalue weighted by molar-refractivity contribution is -0.143. The molecule has 21 heavy (non-hydrogen) atoms. The fourth-order valence-electron chi connectivity index (χ4n) is 1.66. The molecule has 0 radical (unpaired) electrons. The van der Waals surface area contributed by atoms with E-state index in [9.17, 15) is 30.7 Å². The molecule has 0 bridgehead atoms. The molecule has 110 valence electrons. The van der Waals surface area contributed by atoms with Crippen LogP contribution in [0.5, 0.6) is 0 Å². The number of benzene rings is 1. The maximum absolute atomic E-state index is 13.7. The lowest BCUT2D eigenvalue weighted by Gasteiger charge is -2.13. The standard InChI is InChI=1S/C11H2F7N3/c12-6-4(10-3(1-19)2-20-21-10)7(13)9(15)5(8(6)14)11(16,17)18/h2H,(H,20,21). The van der Waals surface area contributed by atoms with Gasteiger partial charge < -0.3 is 0 Å². The zero-order chi connectivity index (χ0) is 15.9. The van der Waals surface area contributed by atoms with Crippen LogP contribution in [-0.4, -0.2) is 10.2 Å². The highest BCUT2D eigenvalue weighted by Gasteiger charge is 2.42. The molecule has 1 N–H and O–H groups in total. The van der Waals surface area contributed by atoms with Crippen molar-refractivity contribution in [2.45, 2.75) is 6.18 Å². The number of nitrogens with one attached hydrogen (secondary N) is 1. The Labute approximate surface area is 111 Å². The summed E-state index contributed by atoms with van der Waals surface area (Å²) in [6.45, 7) is 0. The number of halogens is 7. The van der Waals surface area contributed by atoms with Gasteiger partial charge in [-0.15, -0.1) is 0 Å². The number of nitriles is 1. The first-order valence-electron chi connectivity index (χ1n) is 5.07. The summed E-state index contributed by atoms with van der Waals surface area (Å²) >= 11 is 0. The van der Waals surface area contributed by atoms with E-state index < -0.39 is 51.8 Å². The van der Waals surface area contributed by atoms with Crippen LogP contribution < -0.4 is 0 Å². The number of hydrogen-bond acceptors (Lipinski definition) is 2. The third kappa shape index (κ3) is 2.20. The first kappa shape index (κ1) is 14.8. The van der Waals surface area contributed by atoms with Gasteiger partial charge in [0.25, 0.3) is 0 Å². The highest BCUT2D eigenvalue weighted by molar-refractivity contribution is 5.68. The van der Waals surface area contributed by atoms with Crippen LogP contribution >= 0.6 is 0 Å². The van der Waals surface area contributed by atoms with Crippen LogP contribution in [0.2, 0.25) is 0 Å². The average Bonchev–Trinajstić information content (AvgIpc) is 2.83. The Balaban J connectivity index is 2.87. The van der Waals surface area contributed by atoms with E-state index in [2.05, 4.69) is 5.10 Å². The number of aromatic amines is 1. The monoisotopic (exact) mass is 309 g/mol. The van der Waals surface area contributed by atoms with Crippen LogP contribution in [0, 0.1) is 34.6 Å². The Hall–Kier alpha value is -2.57. The number of alkyl halides is 3. The van der Waals surface area contributed by atoms with Gasteiger partial charge in [0.1, 0.15) is 11.6 Å². The Morgan fingerprint density at radius 1 is 1.00 bits per heavy atom. The molecule has 0 saturated heterocycles. The quantitative estimate of drug-likeness (QED) is 0.647. The number of aromatic nitrogens is 2. The zero-order valence-corrected chi connectivity index (χ0v) is 9.62. The first-order chi connectivity index (χ1) is 9.70. The van der Waals surface area contributed by atoms with Crippen molar-refractivity contribution >= 4 is 0 Å². The normalized spacial score (nSPS) is 11.5. The molecule has 0 spiro atoms. The second-order valence-electron chi connectivity index (χ2n) is 3.77. The summed E-state index contributed by atoms with van der Waals surface area (Å²) < 4.78 is 91.4. The van der Waals surface area contributed by atoms with Gasteiger partial charge in [-0.25, -0.2) is 17.6 Å². The molecule has 1 aromatic heterocycles. The molecule has 0 aliphatic carbocycles. The van der Waals surface area contributed by atoms with Crippen molar-refractivity contribution in [3.63, 3.8) is 0 Å². The molecule has 0 unspecified atom stereocenters. The molecular weight excluding hydrogens is 307 g/mol. The van der Waals surface area contributed by atoms with Gasteiger partial charge in [0.05, 0.1) is 23.0 Å². The van der Waals surface area contributed by atoms with E-state index in [1.165, 1.54) is 6.07 Å². The summed E-state index contributed by atoms with van der Waals surface area (Å²) in [5, 5.41) is 13.8. The largest absolute Gasteiger partial charge is 0.422 e. The average molecular weight is 309 g/mol. The minimum absolute atomic E-state index is 0.494. The van der Waals surface area contributed by atoms with Crippen molar-refractivity contribution in [2.24, 2.45) is 0 Å². The van der Waals surface area contributed by atoms with Gasteiger partial charge in [-0.3, -0.25) is 5.10 Å². The van der Waals surface area contributed by atoms with E-state index in [1.807, 2.05) is 5.10 Å². The van der Waals surface area contributed by atoms with Crippen molar-refractivity contribution < 1.29 is 30.7 Å². The molecule has 0 amide bonds. The highest BCUT2D eigenvalue weighted by Crippen LogP contribution is 2.39. The molecule has 0 saturated carbocycles. The van der Waals surface area contributed by atoms with Crippen molar-refractivity contribution in [2.75, 3.05) is 0 Å². The molecule has 2 aromatic rings. The van der Waals surface area contributed by atoms with Gasteiger partial charge in [-0.2, -0.15) is 23.5 Å². The number of hydrogen-bond donors (Lipinski definition) is 1. The molecule has 0 atom stereocenters. The molecular formula is C11H2F7N3. The fraction of sp³-hybridized carbons (Fsp3) is 0.0909. The first-order valence-corrected chi connectivity index (χ1v) is 5.07. The number of rotatable bonds is 1. The fourth-order valence-corrected chi connectivity index (χ4v) is 1.66. The second kappa shape index (κ2) is 4.76. The number of nitrogens with zero attached hydrogens (tertiary/aromatic N) is 2. The molecule has 0 fully saturated rings. The summed E-state index contributed by atoms with van der Waals surface area (Å²) in [6, 6.07) is 1.42. The number of H-pyrrole nitrogens is 1. The van der Waals surface area contributed by atoms with Crippen LogP contribution in [0.15, 0.2) is 6.20 Å². The molecule has 0 aliphatic heterocycles. The van der Waals surface area contributed by atoms with E-state index in [1.54, 1.807) is 0 Å². The minimum Gasteiger partial charge on any atom is -0.276 e. The third-order valence-corrected chi connectivity index (χ3v) is 2.56. The summed E-state index contributed by atoms with van der Waals surface area (Å²) in [5.74, 6) is -9.76. The summed E-state index contributed by atoms with van der Waals surface area (Å²) in [4.78, 5) is 0. The van der Waals surface area contributed by atoms with E-state index in [0.29, 0.717) is 0 Å². The third-order valence-electron chi connectivity index (χ3n) is 2.56. The lowest BCUT2D eigenvalue weighted by Crippen LogP contribution is -2.16. The van der Waals surface area contributed by atoms with Gasteiger partial charge in [0.15, 0.2) is 23.3 Å². The summed E-state index contributed by atoms with van der Waals surface area (Å²) in [6.07, 6.45) is -4.83. The zero-order valence-electron chi connectivity index (χ0n) is 9.62. The van der Waals surface area contributed by atoms with E-state index >= 15 is 0 Å². The summed E-state index contributed by atoms with van der Waals surface area (Å²) in [5.41, 5.74) is -5.41. The van der Waals surface area contributed by atoms with Crippen molar-refractivity contribution in [3.05, 3.63) is 40.6 Å². The topological polar surface area (TPSA) is 52.5 Å². The lowest BCUT2D eigenvalue weighted by atomic mass is 10.0. The SMILES string of the molecule is N#Cc1cn[nH]c1-c1c(F)c(F)c(C(F)(F)F)c(F)c1F. The van der Waals surface area contributed by atoms with Gasteiger partial charge in [0.2, 0.25) is 0 Å². The van der Waals surface area contributed by atoms with E-state index in [0.717, 1.165) is 6.20 Å². The molecule has 2 rings (SSSR count). The van der Waals surface area contributed by atoms with Crippen LogP contribution in [-0.2, 0) is 6.18 Å². The van der Waals surface area contributed by atoms with Crippen LogP contribution in [0.1, 0.15) is 11.1 Å². The highest BCUT2D eigenvalue weighted by atomic mass is 19.4. The Morgan fingerprint density at radius 3 is 1.95 bits per heavy atom. The molecule has 10 heteroatoms. The Kier molecular flexibility index (Phi) is 3.36. The van der Waals surface area contributed by atoms with E-state index in [4.69, 9.17) is 5.26 Å². The van der Waals surface area contributed by atoms with Gasteiger partial charge in [-0.05, 0) is 0 Å². The predicted molar refractivity (Wildman–Crippen MR) is 53.6 cm³/mol. The van der Waals surface area contributed by atoms with Gasteiger partial charge in [-0.1, -0.05) is 0 Å². The van der Waals surface area contributed by atoms with Crippen LogP contribution in [0.3, 0.4) is 0 Å². The van der Waals surface area contributed by atoms with E-state index in [-0.39, 0.29) is 0 Å². The minimum atomic E-state index is -5.62. The van der Waals surface area contributed by atoms with Gasteiger partial charge >= 0.3 is 6.18 Å². The Bertz CT molecular complexity index is 725. The maximum Gasteiger partial charge on any atom is 0.422 e. The van der Waals surface area contributed by atoms with Crippen LogP contribution in [0.4, 0.5) is 30.7 Å². The van der Waals surface area contributed by atoms with Crippen molar-refractivity contribution in [1.29, 1.82) is 5.26 Å². The molecule has 1 heterocycles. The summed E-state index contributed by atoms with van der Waals surface area (Å²) in [7, 11) is 0. The second-order valence-corrected chi connectivity index (χ2v) is 3.77. The van der Waals surface area contributed by atoms with Gasteiger partial charge in [0, 0.05) is 0 Å². The van der Waals surface area contributed by atoms with Crippen molar-refractivity contribution in [3.8, 4) is 17.3 Å². The molecule has 3 nitrogen and oxygen atoms in total. The van der Waals surface area contributed by atoms with Crippen molar-refractivity contribution in [1.82, 2.24) is 10.2 Å². The smallest absolute Gasteiger partial charge is 0.276 e. The Morgan fingerprint density at radius 2 is 1.52 bits per heavy atom. The molecule has 1 aromatic carbocycles. The molecule has 0 aliphatic rings. The predicted octanol–water partition coefficient (Wildman–Crippen LogP) is 3.52. The van der Waals surface area contributed by atoms with Crippen LogP contribution in [0.25, 0.3) is 11.3 Å².